The molecule has 0 fully saturated rings. The molecular weight excluding hydrogens is 428 g/mol. The van der Waals surface area contributed by atoms with Crippen molar-refractivity contribution >= 4 is 17.8 Å². The van der Waals surface area contributed by atoms with Gasteiger partial charge in [0, 0.05) is 13.6 Å². The molecule has 0 aliphatic heterocycles. The Kier molecular flexibility index (Phi) is 8.97. The predicted octanol–water partition coefficient (Wildman–Crippen LogP) is 3.46. The number of likely N-dealkylation sites (N-methyl/N-ethyl adjacent to an activating group) is 1. The second kappa shape index (κ2) is 12.3. The molecular formula is C28H30N2O4. The highest BCUT2D eigenvalue weighted by Crippen LogP contribution is 2.22. The van der Waals surface area contributed by atoms with Gasteiger partial charge in [0.15, 0.2) is 0 Å². The van der Waals surface area contributed by atoms with Crippen LogP contribution in [0.4, 0.5) is 0 Å². The summed E-state index contributed by atoms with van der Waals surface area (Å²) in [5.41, 5.74) is 3.87. The summed E-state index contributed by atoms with van der Waals surface area (Å²) in [6, 6.07) is 27.1. The lowest BCUT2D eigenvalue weighted by Gasteiger charge is -2.18. The first kappa shape index (κ1) is 24.7. The molecule has 6 heteroatoms. The first-order valence-electron chi connectivity index (χ1n) is 11.3. The quantitative estimate of drug-likeness (QED) is 0.461. The maximum atomic E-state index is 12.7. The molecule has 0 saturated carbocycles. The van der Waals surface area contributed by atoms with Crippen LogP contribution in [0.1, 0.15) is 28.2 Å². The van der Waals surface area contributed by atoms with Gasteiger partial charge in [-0.1, -0.05) is 84.9 Å². The van der Waals surface area contributed by atoms with Gasteiger partial charge in [0.05, 0.1) is 12.3 Å². The number of nitrogens with zero attached hydrogens (tertiary/aromatic N) is 1. The number of carbonyl (C=O) groups is 3. The van der Waals surface area contributed by atoms with E-state index in [1.54, 1.807) is 4.90 Å². The monoisotopic (exact) mass is 458 g/mol. The van der Waals surface area contributed by atoms with E-state index in [1.165, 1.54) is 5.56 Å². The maximum absolute atomic E-state index is 12.7. The van der Waals surface area contributed by atoms with Crippen LogP contribution in [0.25, 0.3) is 0 Å². The van der Waals surface area contributed by atoms with Gasteiger partial charge in [-0.2, -0.15) is 0 Å². The van der Waals surface area contributed by atoms with Gasteiger partial charge in [-0.05, 0) is 35.1 Å². The number of carboxylic acids is 1. The molecule has 3 aromatic carbocycles. The highest BCUT2D eigenvalue weighted by Gasteiger charge is 2.21. The predicted molar refractivity (Wildman–Crippen MR) is 131 cm³/mol. The fourth-order valence-electron chi connectivity index (χ4n) is 3.74. The molecule has 0 aliphatic carbocycles. The van der Waals surface area contributed by atoms with Gasteiger partial charge in [0.1, 0.15) is 6.54 Å². The van der Waals surface area contributed by atoms with Crippen LogP contribution in [0.5, 0.6) is 0 Å². The standard InChI is InChI=1S/C28H30N2O4/c1-30(17-16-21-8-4-2-5-9-21)26(31)19-23-14-12-22(13-15-23)18-25(24-10-6-3-7-11-24)28(34)29-20-27(32)33/h2-15,25H,16-20H2,1H3,(H,29,34)(H,32,33). The molecule has 0 radical (unpaired) electrons. The summed E-state index contributed by atoms with van der Waals surface area (Å²) in [7, 11) is 1.82. The Morgan fingerprint density at radius 1 is 0.824 bits per heavy atom. The Labute approximate surface area is 200 Å². The fourth-order valence-corrected chi connectivity index (χ4v) is 3.74. The van der Waals surface area contributed by atoms with E-state index in [0.717, 1.165) is 23.1 Å². The number of nitrogens with one attached hydrogen (secondary N) is 1. The summed E-state index contributed by atoms with van der Waals surface area (Å²) in [5, 5.41) is 11.4. The summed E-state index contributed by atoms with van der Waals surface area (Å²) in [4.78, 5) is 37.9. The summed E-state index contributed by atoms with van der Waals surface area (Å²) in [6.45, 7) is 0.242. The van der Waals surface area contributed by atoms with Crippen molar-refractivity contribution in [3.8, 4) is 0 Å². The number of aliphatic carboxylic acids is 1. The van der Waals surface area contributed by atoms with Crippen LogP contribution in [0.3, 0.4) is 0 Å². The van der Waals surface area contributed by atoms with E-state index in [2.05, 4.69) is 17.4 Å². The van der Waals surface area contributed by atoms with Gasteiger partial charge < -0.3 is 15.3 Å². The number of carboxylic acid groups (broad SMARTS) is 1. The minimum atomic E-state index is -1.08. The summed E-state index contributed by atoms with van der Waals surface area (Å²) in [5.74, 6) is -1.85. The lowest BCUT2D eigenvalue weighted by Crippen LogP contribution is -2.34. The number of carbonyl (C=O) groups excluding carboxylic acids is 2. The first-order valence-corrected chi connectivity index (χ1v) is 11.3. The third-order valence-electron chi connectivity index (χ3n) is 5.75. The van der Waals surface area contributed by atoms with Crippen molar-refractivity contribution in [3.05, 3.63) is 107 Å². The van der Waals surface area contributed by atoms with Crippen LogP contribution in [-0.2, 0) is 33.6 Å². The van der Waals surface area contributed by atoms with Crippen LogP contribution >= 0.6 is 0 Å². The van der Waals surface area contributed by atoms with Gasteiger partial charge >= 0.3 is 5.97 Å². The number of amides is 2. The van der Waals surface area contributed by atoms with Crippen LogP contribution in [0.15, 0.2) is 84.9 Å². The Hall–Kier alpha value is -3.93. The minimum Gasteiger partial charge on any atom is -0.480 e. The van der Waals surface area contributed by atoms with Crippen molar-refractivity contribution in [2.45, 2.75) is 25.2 Å². The average molecular weight is 459 g/mol. The third-order valence-corrected chi connectivity index (χ3v) is 5.75. The SMILES string of the molecule is CN(CCc1ccccc1)C(=O)Cc1ccc(CC(C(=O)NCC(=O)O)c2ccccc2)cc1. The maximum Gasteiger partial charge on any atom is 0.322 e. The van der Waals surface area contributed by atoms with Crippen molar-refractivity contribution in [1.82, 2.24) is 10.2 Å². The first-order chi connectivity index (χ1) is 16.4. The lowest BCUT2D eigenvalue weighted by atomic mass is 9.90. The number of benzene rings is 3. The average Bonchev–Trinajstić information content (AvgIpc) is 2.86. The van der Waals surface area contributed by atoms with Crippen LogP contribution in [-0.4, -0.2) is 47.9 Å². The Balaban J connectivity index is 1.59. The normalized spacial score (nSPS) is 11.4. The van der Waals surface area contributed by atoms with Crippen molar-refractivity contribution in [1.29, 1.82) is 0 Å². The van der Waals surface area contributed by atoms with Crippen LogP contribution in [0, 0.1) is 0 Å². The highest BCUT2D eigenvalue weighted by atomic mass is 16.4. The number of rotatable bonds is 11. The molecule has 1 atom stereocenters. The van der Waals surface area contributed by atoms with Crippen molar-refractivity contribution in [2.24, 2.45) is 0 Å². The lowest BCUT2D eigenvalue weighted by molar-refractivity contribution is -0.138. The molecule has 6 nitrogen and oxygen atoms in total. The van der Waals surface area contributed by atoms with E-state index in [1.807, 2.05) is 79.8 Å². The molecule has 0 aromatic heterocycles. The zero-order chi connectivity index (χ0) is 24.3. The Morgan fingerprint density at radius 3 is 2.03 bits per heavy atom. The molecule has 3 aromatic rings. The van der Waals surface area contributed by atoms with Crippen LogP contribution in [0.2, 0.25) is 0 Å². The van der Waals surface area contributed by atoms with Gasteiger partial charge in [-0.15, -0.1) is 0 Å². The molecule has 1 unspecified atom stereocenters. The van der Waals surface area contributed by atoms with Gasteiger partial charge in [0.2, 0.25) is 11.8 Å². The van der Waals surface area contributed by atoms with Crippen molar-refractivity contribution in [2.75, 3.05) is 20.1 Å². The van der Waals surface area contributed by atoms with Gasteiger partial charge in [0.25, 0.3) is 0 Å². The van der Waals surface area contributed by atoms with E-state index >= 15 is 0 Å². The molecule has 3 rings (SSSR count). The summed E-state index contributed by atoms with van der Waals surface area (Å²) in [6.07, 6.45) is 1.56. The largest absolute Gasteiger partial charge is 0.480 e. The Morgan fingerprint density at radius 2 is 1.41 bits per heavy atom. The molecule has 0 spiro atoms. The second-order valence-corrected chi connectivity index (χ2v) is 8.32. The van der Waals surface area contributed by atoms with Gasteiger partial charge in [-0.25, -0.2) is 0 Å². The minimum absolute atomic E-state index is 0.0545. The third kappa shape index (κ3) is 7.59. The van der Waals surface area contributed by atoms with Crippen molar-refractivity contribution < 1.29 is 19.5 Å². The smallest absolute Gasteiger partial charge is 0.322 e. The van der Waals surface area contributed by atoms with E-state index in [-0.39, 0.29) is 11.8 Å². The molecule has 0 bridgehead atoms. The number of hydrogen-bond donors (Lipinski definition) is 2. The van der Waals surface area contributed by atoms with Crippen molar-refractivity contribution in [3.63, 3.8) is 0 Å². The molecule has 0 aliphatic rings. The zero-order valence-corrected chi connectivity index (χ0v) is 19.3. The fraction of sp³-hybridized carbons (Fsp3) is 0.250. The topological polar surface area (TPSA) is 86.7 Å². The molecule has 34 heavy (non-hydrogen) atoms. The Bertz CT molecular complexity index is 1080. The molecule has 176 valence electrons. The van der Waals surface area contributed by atoms with Gasteiger partial charge in [-0.3, -0.25) is 14.4 Å². The highest BCUT2D eigenvalue weighted by molar-refractivity contribution is 5.87. The summed E-state index contributed by atoms with van der Waals surface area (Å²) < 4.78 is 0. The number of hydrogen-bond acceptors (Lipinski definition) is 3. The summed E-state index contributed by atoms with van der Waals surface area (Å²) >= 11 is 0. The molecule has 2 amide bonds. The van der Waals surface area contributed by atoms with E-state index in [4.69, 9.17) is 5.11 Å². The molecule has 2 N–H and O–H groups in total. The second-order valence-electron chi connectivity index (χ2n) is 8.32. The van der Waals surface area contributed by atoms with E-state index in [9.17, 15) is 14.4 Å². The molecule has 0 saturated heterocycles. The van der Waals surface area contributed by atoms with E-state index < -0.39 is 18.4 Å². The zero-order valence-electron chi connectivity index (χ0n) is 19.3. The van der Waals surface area contributed by atoms with Crippen LogP contribution < -0.4 is 5.32 Å². The van der Waals surface area contributed by atoms with E-state index in [0.29, 0.717) is 19.4 Å². The molecule has 0 heterocycles.